The lowest BCUT2D eigenvalue weighted by Crippen LogP contribution is -2.19. The molecule has 0 radical (unpaired) electrons. The third kappa shape index (κ3) is 1.72. The summed E-state index contributed by atoms with van der Waals surface area (Å²) in [7, 11) is 0. The van der Waals surface area contributed by atoms with Gasteiger partial charge in [0.2, 0.25) is 0 Å². The van der Waals surface area contributed by atoms with Gasteiger partial charge in [-0.2, -0.15) is 0 Å². The molecule has 1 aromatic heterocycles. The first kappa shape index (κ1) is 11.1. The van der Waals surface area contributed by atoms with E-state index in [1.165, 1.54) is 0 Å². The number of aromatic nitrogens is 1. The van der Waals surface area contributed by atoms with Crippen LogP contribution in [0, 0.1) is 6.92 Å². The Morgan fingerprint density at radius 1 is 1.28 bits per heavy atom. The van der Waals surface area contributed by atoms with Gasteiger partial charge in [0.05, 0.1) is 5.56 Å². The Hall–Kier alpha value is -2.03. The number of benzene rings is 1. The Morgan fingerprint density at radius 3 is 2.83 bits per heavy atom. The number of rotatable bonds is 2. The van der Waals surface area contributed by atoms with Crippen molar-refractivity contribution in [2.24, 2.45) is 0 Å². The van der Waals surface area contributed by atoms with Gasteiger partial charge in [-0.3, -0.25) is 4.79 Å². The summed E-state index contributed by atoms with van der Waals surface area (Å²) in [5, 5.41) is 3.34. The molecule has 3 heteroatoms. The van der Waals surface area contributed by atoms with E-state index in [1.807, 2.05) is 36.4 Å². The second kappa shape index (κ2) is 4.33. The number of ketones is 1. The van der Waals surface area contributed by atoms with Crippen molar-refractivity contribution in [1.29, 1.82) is 0 Å². The van der Waals surface area contributed by atoms with Crippen LogP contribution < -0.4 is 5.32 Å². The molecule has 1 aliphatic rings. The van der Waals surface area contributed by atoms with E-state index in [0.29, 0.717) is 0 Å². The molecule has 0 spiro atoms. The topological polar surface area (TPSA) is 34.0 Å². The molecule has 3 rings (SSSR count). The molecular formula is C15H16N2O. The van der Waals surface area contributed by atoms with Crippen molar-refractivity contribution in [3.63, 3.8) is 0 Å². The number of hydrogen-bond acceptors (Lipinski definition) is 2. The van der Waals surface area contributed by atoms with Crippen molar-refractivity contribution in [2.45, 2.75) is 19.9 Å². The molecule has 0 amide bonds. The van der Waals surface area contributed by atoms with Gasteiger partial charge < -0.3 is 9.88 Å². The molecule has 18 heavy (non-hydrogen) atoms. The second-order valence-corrected chi connectivity index (χ2v) is 4.68. The number of anilines is 1. The highest BCUT2D eigenvalue weighted by Gasteiger charge is 2.21. The van der Waals surface area contributed by atoms with E-state index in [-0.39, 0.29) is 5.78 Å². The molecule has 1 aliphatic heterocycles. The average molecular weight is 240 g/mol. The summed E-state index contributed by atoms with van der Waals surface area (Å²) >= 11 is 0. The maximum Gasteiger partial charge on any atom is 0.196 e. The molecule has 2 aromatic rings. The lowest BCUT2D eigenvalue weighted by Gasteiger charge is -2.19. The fourth-order valence-corrected chi connectivity index (χ4v) is 2.52. The van der Waals surface area contributed by atoms with Crippen molar-refractivity contribution in [3.05, 3.63) is 53.2 Å². The van der Waals surface area contributed by atoms with E-state index < -0.39 is 0 Å². The number of hydrogen-bond donors (Lipinski definition) is 1. The Labute approximate surface area is 106 Å². The van der Waals surface area contributed by atoms with Gasteiger partial charge in [0.15, 0.2) is 5.78 Å². The molecule has 2 heterocycles. The van der Waals surface area contributed by atoms with Crippen LogP contribution in [0.5, 0.6) is 0 Å². The first-order valence-corrected chi connectivity index (χ1v) is 6.31. The van der Waals surface area contributed by atoms with Crippen LogP contribution in [0.2, 0.25) is 0 Å². The summed E-state index contributed by atoms with van der Waals surface area (Å²) in [4.78, 5) is 12.5. The zero-order valence-corrected chi connectivity index (χ0v) is 10.4. The molecule has 0 saturated carbocycles. The fourth-order valence-electron chi connectivity index (χ4n) is 2.52. The van der Waals surface area contributed by atoms with E-state index >= 15 is 0 Å². The minimum Gasteiger partial charge on any atom is -0.371 e. The Balaban J connectivity index is 2.05. The van der Waals surface area contributed by atoms with Gasteiger partial charge in [-0.15, -0.1) is 0 Å². The van der Waals surface area contributed by atoms with E-state index in [0.717, 1.165) is 42.1 Å². The third-order valence-corrected chi connectivity index (χ3v) is 3.44. The number of carbonyl (C=O) groups is 1. The van der Waals surface area contributed by atoms with Crippen LogP contribution in [0.25, 0.3) is 0 Å². The van der Waals surface area contributed by atoms with E-state index in [9.17, 15) is 4.79 Å². The van der Waals surface area contributed by atoms with Crippen molar-refractivity contribution in [1.82, 2.24) is 4.57 Å². The van der Waals surface area contributed by atoms with Crippen LogP contribution in [0.1, 0.15) is 28.0 Å². The van der Waals surface area contributed by atoms with Crippen molar-refractivity contribution >= 4 is 11.6 Å². The molecule has 1 N–H and O–H groups in total. The summed E-state index contributed by atoms with van der Waals surface area (Å²) in [6.07, 6.45) is 1.11. The van der Waals surface area contributed by atoms with E-state index in [2.05, 4.69) is 16.8 Å². The van der Waals surface area contributed by atoms with Gasteiger partial charge in [0.25, 0.3) is 0 Å². The smallest absolute Gasteiger partial charge is 0.196 e. The number of nitrogens with one attached hydrogen (secondary N) is 1. The highest BCUT2D eigenvalue weighted by Crippen LogP contribution is 2.26. The predicted octanol–water partition coefficient (Wildman–Crippen LogP) is 2.84. The summed E-state index contributed by atoms with van der Waals surface area (Å²) < 4.78 is 2.19. The quantitative estimate of drug-likeness (QED) is 0.819. The first-order valence-electron chi connectivity index (χ1n) is 6.31. The van der Waals surface area contributed by atoms with Crippen LogP contribution >= 0.6 is 0 Å². The maximum absolute atomic E-state index is 12.5. The SMILES string of the molecule is Cc1cc(C(=O)c2ccccc2)c2n1CCCN2. The van der Waals surface area contributed by atoms with E-state index in [4.69, 9.17) is 0 Å². The largest absolute Gasteiger partial charge is 0.371 e. The summed E-state index contributed by atoms with van der Waals surface area (Å²) in [5.74, 6) is 1.08. The van der Waals surface area contributed by atoms with Crippen molar-refractivity contribution in [2.75, 3.05) is 11.9 Å². The highest BCUT2D eigenvalue weighted by atomic mass is 16.1. The highest BCUT2D eigenvalue weighted by molar-refractivity contribution is 6.12. The van der Waals surface area contributed by atoms with Crippen LogP contribution in [-0.4, -0.2) is 16.9 Å². The van der Waals surface area contributed by atoms with Crippen LogP contribution in [0.4, 0.5) is 5.82 Å². The summed E-state index contributed by atoms with van der Waals surface area (Å²) in [5.41, 5.74) is 2.69. The number of aryl methyl sites for hydroxylation is 1. The molecule has 3 nitrogen and oxygen atoms in total. The molecule has 0 bridgehead atoms. The normalized spacial score (nSPS) is 13.8. The van der Waals surface area contributed by atoms with Gasteiger partial charge in [-0.25, -0.2) is 0 Å². The van der Waals surface area contributed by atoms with Crippen LogP contribution in [-0.2, 0) is 6.54 Å². The number of carbonyl (C=O) groups excluding carboxylic acids is 1. The molecular weight excluding hydrogens is 224 g/mol. The molecule has 0 saturated heterocycles. The minimum absolute atomic E-state index is 0.0989. The molecule has 0 fully saturated rings. The zero-order chi connectivity index (χ0) is 12.5. The van der Waals surface area contributed by atoms with Gasteiger partial charge in [-0.1, -0.05) is 30.3 Å². The predicted molar refractivity (Wildman–Crippen MR) is 72.2 cm³/mol. The molecule has 0 atom stereocenters. The monoisotopic (exact) mass is 240 g/mol. The molecule has 0 aliphatic carbocycles. The standard InChI is InChI=1S/C15H16N2O/c1-11-10-13(15-16-8-5-9-17(11)15)14(18)12-6-3-2-4-7-12/h2-4,6-7,10,16H,5,8-9H2,1H3. The van der Waals surface area contributed by atoms with Crippen molar-refractivity contribution < 1.29 is 4.79 Å². The zero-order valence-electron chi connectivity index (χ0n) is 10.4. The number of nitrogens with zero attached hydrogens (tertiary/aromatic N) is 1. The van der Waals surface area contributed by atoms with Gasteiger partial charge in [0.1, 0.15) is 5.82 Å². The Kier molecular flexibility index (Phi) is 2.67. The van der Waals surface area contributed by atoms with Gasteiger partial charge in [-0.05, 0) is 19.4 Å². The van der Waals surface area contributed by atoms with Crippen molar-refractivity contribution in [3.8, 4) is 0 Å². The lowest BCUT2D eigenvalue weighted by molar-refractivity contribution is 0.103. The fraction of sp³-hybridized carbons (Fsp3) is 0.267. The van der Waals surface area contributed by atoms with Gasteiger partial charge in [0, 0.05) is 24.3 Å². The third-order valence-electron chi connectivity index (χ3n) is 3.44. The summed E-state index contributed by atoms with van der Waals surface area (Å²) in [6, 6.07) is 11.4. The van der Waals surface area contributed by atoms with Gasteiger partial charge >= 0.3 is 0 Å². The Morgan fingerprint density at radius 2 is 2.06 bits per heavy atom. The lowest BCUT2D eigenvalue weighted by atomic mass is 10.1. The Bertz CT molecular complexity index is 584. The van der Waals surface area contributed by atoms with Crippen LogP contribution in [0.15, 0.2) is 36.4 Å². The molecule has 0 unspecified atom stereocenters. The summed E-state index contributed by atoms with van der Waals surface area (Å²) in [6.45, 7) is 3.99. The molecule has 1 aromatic carbocycles. The van der Waals surface area contributed by atoms with E-state index in [1.54, 1.807) is 0 Å². The maximum atomic E-state index is 12.5. The first-order chi connectivity index (χ1) is 8.77. The molecule has 92 valence electrons. The van der Waals surface area contributed by atoms with Crippen LogP contribution in [0.3, 0.4) is 0 Å². The average Bonchev–Trinajstić information content (AvgIpc) is 2.77. The number of fused-ring (bicyclic) bond motifs is 1. The second-order valence-electron chi connectivity index (χ2n) is 4.68. The minimum atomic E-state index is 0.0989.